The zero-order valence-corrected chi connectivity index (χ0v) is 34.9. The fourth-order valence-electron chi connectivity index (χ4n) is 7.78. The monoisotopic (exact) mass is 818 g/mol. The molecule has 4 unspecified atom stereocenters. The van der Waals surface area contributed by atoms with Crippen molar-refractivity contribution in [3.63, 3.8) is 0 Å². The van der Waals surface area contributed by atoms with Crippen LogP contribution in [-0.4, -0.2) is 88.8 Å². The topological polar surface area (TPSA) is 83.1 Å². The summed E-state index contributed by atoms with van der Waals surface area (Å²) < 4.78 is 59.1. The van der Waals surface area contributed by atoms with Gasteiger partial charge >= 0.3 is 0 Å². The van der Waals surface area contributed by atoms with Gasteiger partial charge in [-0.25, -0.2) is 0 Å². The lowest BCUT2D eigenvalue weighted by Crippen LogP contribution is -2.36. The molecule has 0 amide bonds. The normalized spacial score (nSPS) is 32.5. The third-order valence-electron chi connectivity index (χ3n) is 10.1. The molecule has 0 spiro atoms. The van der Waals surface area contributed by atoms with Crippen LogP contribution in [0.4, 0.5) is 0 Å². The first-order chi connectivity index (χ1) is 25.7. The number of fused-ring (bicyclic) bond motifs is 2. The van der Waals surface area contributed by atoms with Crippen molar-refractivity contribution < 1.29 is 42.6 Å². The van der Waals surface area contributed by atoms with E-state index in [1.54, 1.807) is 23.1 Å². The van der Waals surface area contributed by atoms with Crippen LogP contribution in [0, 0.1) is 11.3 Å². The molecule has 14 heteroatoms. The second-order valence-corrected chi connectivity index (χ2v) is 20.2. The predicted octanol–water partition coefficient (Wildman–Crippen LogP) is 6.85. The van der Waals surface area contributed by atoms with E-state index < -0.39 is 0 Å². The molecular formula is C39H46O9S5. The molecule has 0 bridgehead atoms. The highest BCUT2D eigenvalue weighted by Gasteiger charge is 2.49. The standard InChI is InChI=1S/C39H46O9S5/c1-19(2)32-24-20(7-6-8-42-24)33(51-32)36-28-27(45-13-14-46-28)23(50-36)17-22-26(44-12-11-41-22)31(49)34-29-30(48-16-15-47-29)37(52-34)35-25-21(18-40-9-10-43-25)38(53-35)39(3,4)5/h17,19,29-30,32,38,49H,6-16,18H2,1-5H3/b23-17-,34-31+,36-33+,37-35+. The van der Waals surface area contributed by atoms with Crippen LogP contribution in [0.15, 0.2) is 53.8 Å². The van der Waals surface area contributed by atoms with E-state index in [1.807, 2.05) is 29.6 Å². The smallest absolute Gasteiger partial charge is 0.181 e. The largest absolute Gasteiger partial charge is 0.496 e. The van der Waals surface area contributed by atoms with Crippen LogP contribution >= 0.6 is 59.3 Å². The van der Waals surface area contributed by atoms with Crippen molar-refractivity contribution in [2.45, 2.75) is 70.2 Å². The number of thiol groups is 1. The quantitative estimate of drug-likeness (QED) is 0.324. The predicted molar refractivity (Wildman–Crippen MR) is 215 cm³/mol. The Labute approximate surface area is 333 Å². The Balaban J connectivity index is 1.15. The lowest BCUT2D eigenvalue weighted by Gasteiger charge is -2.29. The molecule has 0 N–H and O–H groups in total. The first-order valence-corrected chi connectivity index (χ1v) is 22.4. The zero-order valence-electron chi connectivity index (χ0n) is 30.7. The zero-order chi connectivity index (χ0) is 36.4. The maximum Gasteiger partial charge on any atom is 0.181 e. The van der Waals surface area contributed by atoms with Crippen molar-refractivity contribution in [3.8, 4) is 11.5 Å². The molecule has 1 aromatic heterocycles. The molecule has 2 saturated heterocycles. The van der Waals surface area contributed by atoms with Crippen LogP contribution in [0.5, 0.6) is 11.5 Å². The van der Waals surface area contributed by atoms with Crippen molar-refractivity contribution >= 4 is 70.2 Å². The van der Waals surface area contributed by atoms with Gasteiger partial charge in [-0.05, 0) is 24.2 Å². The number of hydrogen-bond acceptors (Lipinski definition) is 14. The molecule has 4 atom stereocenters. The van der Waals surface area contributed by atoms with Gasteiger partial charge in [-0.3, -0.25) is 0 Å². The molecule has 8 aliphatic rings. The SMILES string of the molecule is CC(C)C1S/C(=c2/s/c(=C\C3=C(C(/S)=C4\S/C(=C5/SC(C(C)(C)C)C6=C5OCCOC6)C5OCCOC45)OCCO3)c3c2OCCO3)C2=C1OCCC2. The summed E-state index contributed by atoms with van der Waals surface area (Å²) >= 11 is 12.3. The molecule has 0 aromatic carbocycles. The highest BCUT2D eigenvalue weighted by Crippen LogP contribution is 2.58. The Hall–Kier alpha value is -1.78. The van der Waals surface area contributed by atoms with Gasteiger partial charge in [0, 0.05) is 37.2 Å². The summed E-state index contributed by atoms with van der Waals surface area (Å²) in [5.74, 6) is 5.28. The number of ether oxygens (including phenoxy) is 9. The van der Waals surface area contributed by atoms with Crippen molar-refractivity contribution in [3.05, 3.63) is 62.9 Å². The Bertz CT molecular complexity index is 1970. The third kappa shape index (κ3) is 6.68. The van der Waals surface area contributed by atoms with Gasteiger partial charge in [0.15, 0.2) is 23.0 Å². The van der Waals surface area contributed by atoms with Crippen LogP contribution in [0.25, 0.3) is 11.0 Å². The van der Waals surface area contributed by atoms with Crippen LogP contribution in [0.1, 0.15) is 47.5 Å². The second kappa shape index (κ2) is 14.9. The van der Waals surface area contributed by atoms with E-state index in [9.17, 15) is 0 Å². The summed E-state index contributed by atoms with van der Waals surface area (Å²) in [6, 6.07) is 0. The fraction of sp³-hybridized carbons (Fsp3) is 0.590. The maximum absolute atomic E-state index is 6.49. The third-order valence-corrected chi connectivity index (χ3v) is 17.0. The number of hydrogen-bond donors (Lipinski definition) is 1. The first kappa shape index (κ1) is 36.8. The fourth-order valence-corrected chi connectivity index (χ4v) is 13.9. The van der Waals surface area contributed by atoms with Crippen molar-refractivity contribution in [2.24, 2.45) is 11.3 Å². The minimum absolute atomic E-state index is 0.0114. The summed E-state index contributed by atoms with van der Waals surface area (Å²) in [4.78, 5) is 5.10. The number of rotatable bonds is 3. The van der Waals surface area contributed by atoms with E-state index >= 15 is 0 Å². The first-order valence-electron chi connectivity index (χ1n) is 18.6. The molecule has 0 aliphatic carbocycles. The van der Waals surface area contributed by atoms with Gasteiger partial charge in [0.05, 0.1) is 57.2 Å². The van der Waals surface area contributed by atoms with Gasteiger partial charge in [0.25, 0.3) is 0 Å². The lowest BCUT2D eigenvalue weighted by atomic mass is 9.87. The van der Waals surface area contributed by atoms with Crippen LogP contribution in [0.2, 0.25) is 0 Å². The Morgan fingerprint density at radius 3 is 2.38 bits per heavy atom. The van der Waals surface area contributed by atoms with Gasteiger partial charge in [0.2, 0.25) is 0 Å². The molecule has 9 heterocycles. The lowest BCUT2D eigenvalue weighted by molar-refractivity contribution is -0.101. The van der Waals surface area contributed by atoms with E-state index in [2.05, 4.69) is 34.6 Å². The Kier molecular flexibility index (Phi) is 10.4. The van der Waals surface area contributed by atoms with Gasteiger partial charge < -0.3 is 42.6 Å². The molecule has 9 rings (SSSR count). The minimum atomic E-state index is -0.328. The van der Waals surface area contributed by atoms with E-state index in [0.717, 1.165) is 66.2 Å². The highest BCUT2D eigenvalue weighted by atomic mass is 32.2. The van der Waals surface area contributed by atoms with E-state index in [0.29, 0.717) is 87.1 Å². The molecule has 53 heavy (non-hydrogen) atoms. The van der Waals surface area contributed by atoms with E-state index in [4.69, 9.17) is 55.3 Å². The molecule has 8 aliphatic heterocycles. The van der Waals surface area contributed by atoms with Crippen LogP contribution in [-0.2, 0) is 33.2 Å². The van der Waals surface area contributed by atoms with Crippen molar-refractivity contribution in [2.75, 3.05) is 66.1 Å². The van der Waals surface area contributed by atoms with Gasteiger partial charge in [-0.15, -0.1) is 47.5 Å². The Morgan fingerprint density at radius 1 is 0.811 bits per heavy atom. The average Bonchev–Trinajstić information content (AvgIpc) is 3.88. The Morgan fingerprint density at radius 2 is 1.57 bits per heavy atom. The van der Waals surface area contributed by atoms with Crippen molar-refractivity contribution in [1.29, 1.82) is 0 Å². The molecule has 0 radical (unpaired) electrons. The summed E-state index contributed by atoms with van der Waals surface area (Å²) in [6.07, 6.45) is 3.45. The van der Waals surface area contributed by atoms with Crippen molar-refractivity contribution in [1.82, 2.24) is 0 Å². The van der Waals surface area contributed by atoms with Gasteiger partial charge in [-0.2, -0.15) is 0 Å². The summed E-state index contributed by atoms with van der Waals surface area (Å²) in [6.45, 7) is 16.7. The van der Waals surface area contributed by atoms with E-state index in [-0.39, 0.29) is 22.9 Å². The molecule has 9 nitrogen and oxygen atoms in total. The average molecular weight is 819 g/mol. The summed E-state index contributed by atoms with van der Waals surface area (Å²) in [5, 5.41) is 0.520. The van der Waals surface area contributed by atoms with E-state index in [1.165, 1.54) is 16.1 Å². The molecular weight excluding hydrogens is 773 g/mol. The molecule has 286 valence electrons. The summed E-state index contributed by atoms with van der Waals surface area (Å²) in [7, 11) is 0. The van der Waals surface area contributed by atoms with Crippen LogP contribution < -0.4 is 18.5 Å². The number of thioether (sulfide) groups is 3. The van der Waals surface area contributed by atoms with Gasteiger partial charge in [-0.1, -0.05) is 46.4 Å². The highest BCUT2D eigenvalue weighted by molar-refractivity contribution is 8.10. The maximum atomic E-state index is 6.49. The molecule has 2 fully saturated rings. The van der Waals surface area contributed by atoms with Crippen LogP contribution in [0.3, 0.4) is 0 Å². The minimum Gasteiger partial charge on any atom is -0.496 e. The summed E-state index contributed by atoms with van der Waals surface area (Å²) in [5.41, 5.74) is 2.54. The number of allylic oxidation sites excluding steroid dienone is 1. The second-order valence-electron chi connectivity index (χ2n) is 15.3. The van der Waals surface area contributed by atoms with Gasteiger partial charge in [0.1, 0.15) is 56.8 Å². The molecule has 1 aromatic rings. The number of thiophene rings is 1. The molecule has 0 saturated carbocycles.